The smallest absolute Gasteiger partial charge is 0.289 e. The van der Waals surface area contributed by atoms with Gasteiger partial charge in [-0.3, -0.25) is 9.59 Å². The molecule has 8 heteroatoms. The van der Waals surface area contributed by atoms with Gasteiger partial charge in [0.1, 0.15) is 17.3 Å². The van der Waals surface area contributed by atoms with Crippen LogP contribution in [0.3, 0.4) is 0 Å². The van der Waals surface area contributed by atoms with Gasteiger partial charge in [-0.25, -0.2) is 4.99 Å². The lowest BCUT2D eigenvalue weighted by Gasteiger charge is -2.04. The van der Waals surface area contributed by atoms with E-state index >= 15 is 0 Å². The number of carbonyl (C=O) groups is 2. The van der Waals surface area contributed by atoms with E-state index in [1.165, 1.54) is 0 Å². The summed E-state index contributed by atoms with van der Waals surface area (Å²) in [5, 5.41) is 2.56. The molecule has 1 aliphatic heterocycles. The van der Waals surface area contributed by atoms with Crippen molar-refractivity contribution >= 4 is 40.5 Å². The highest BCUT2D eigenvalue weighted by Crippen LogP contribution is 2.29. The minimum atomic E-state index is -0.535. The Morgan fingerprint density at radius 1 is 1.15 bits per heavy atom. The highest BCUT2D eigenvalue weighted by Gasteiger charge is 2.23. The van der Waals surface area contributed by atoms with Gasteiger partial charge in [0.2, 0.25) is 0 Å². The molecular formula is C19H17N3O4S. The molecule has 1 aliphatic rings. The number of hydrogen-bond acceptors (Lipinski definition) is 6. The second-order valence-electron chi connectivity index (χ2n) is 5.51. The van der Waals surface area contributed by atoms with E-state index < -0.39 is 5.91 Å². The SMILES string of the molecule is COc1ccc(N=C2NC(=O)S/C2=C\c2ccc(OCC(N)=O)cc2)cc1. The number of ether oxygens (including phenoxy) is 2. The first-order valence-electron chi connectivity index (χ1n) is 7.98. The molecule has 0 aromatic heterocycles. The zero-order valence-corrected chi connectivity index (χ0v) is 15.3. The maximum Gasteiger partial charge on any atom is 0.289 e. The Kier molecular flexibility index (Phi) is 5.77. The van der Waals surface area contributed by atoms with Crippen LogP contribution < -0.4 is 20.5 Å². The van der Waals surface area contributed by atoms with Crippen molar-refractivity contribution in [1.82, 2.24) is 5.32 Å². The van der Waals surface area contributed by atoms with Crippen LogP contribution in [0.4, 0.5) is 10.5 Å². The molecule has 27 heavy (non-hydrogen) atoms. The number of thioether (sulfide) groups is 1. The summed E-state index contributed by atoms with van der Waals surface area (Å²) < 4.78 is 10.4. The van der Waals surface area contributed by atoms with E-state index in [0.717, 1.165) is 23.1 Å². The van der Waals surface area contributed by atoms with Crippen LogP contribution >= 0.6 is 11.8 Å². The van der Waals surface area contributed by atoms with Crippen molar-refractivity contribution in [2.75, 3.05) is 13.7 Å². The van der Waals surface area contributed by atoms with Crippen LogP contribution in [-0.2, 0) is 4.79 Å². The molecule has 138 valence electrons. The van der Waals surface area contributed by atoms with Gasteiger partial charge in [-0.05, 0) is 59.8 Å². The Hall–Kier alpha value is -3.26. The number of aliphatic imine (C=N–C) groups is 1. The van der Waals surface area contributed by atoms with Crippen molar-refractivity contribution in [3.8, 4) is 11.5 Å². The summed E-state index contributed by atoms with van der Waals surface area (Å²) >= 11 is 1.08. The van der Waals surface area contributed by atoms with Gasteiger partial charge in [-0.1, -0.05) is 12.1 Å². The van der Waals surface area contributed by atoms with E-state index in [2.05, 4.69) is 10.3 Å². The van der Waals surface area contributed by atoms with Crippen molar-refractivity contribution in [3.05, 3.63) is 59.0 Å². The van der Waals surface area contributed by atoms with Gasteiger partial charge in [0, 0.05) is 0 Å². The normalized spacial score (nSPS) is 16.4. The molecule has 1 saturated heterocycles. The third kappa shape index (κ3) is 5.11. The van der Waals surface area contributed by atoms with Gasteiger partial charge in [0.15, 0.2) is 6.61 Å². The van der Waals surface area contributed by atoms with Crippen molar-refractivity contribution in [1.29, 1.82) is 0 Å². The van der Waals surface area contributed by atoms with Crippen molar-refractivity contribution in [3.63, 3.8) is 0 Å². The number of hydrogen-bond donors (Lipinski definition) is 2. The van der Waals surface area contributed by atoms with Gasteiger partial charge in [-0.15, -0.1) is 0 Å². The second-order valence-corrected chi connectivity index (χ2v) is 6.52. The van der Waals surface area contributed by atoms with Crippen LogP contribution in [0.25, 0.3) is 6.08 Å². The average Bonchev–Trinajstić information content (AvgIpc) is 3.00. The summed E-state index contributed by atoms with van der Waals surface area (Å²) in [6, 6.07) is 14.3. The molecule has 3 N–H and O–H groups in total. The molecule has 2 aromatic rings. The number of methoxy groups -OCH3 is 1. The van der Waals surface area contributed by atoms with Gasteiger partial charge < -0.3 is 20.5 Å². The maximum atomic E-state index is 11.8. The fraction of sp³-hybridized carbons (Fsp3) is 0.105. The lowest BCUT2D eigenvalue weighted by atomic mass is 10.2. The molecule has 3 rings (SSSR count). The molecule has 1 fully saturated rings. The first kappa shape index (κ1) is 18.5. The molecule has 0 radical (unpaired) electrons. The summed E-state index contributed by atoms with van der Waals surface area (Å²) in [4.78, 5) is 27.7. The number of nitrogens with two attached hydrogens (primary N) is 1. The Balaban J connectivity index is 1.79. The molecule has 0 aliphatic carbocycles. The number of amidine groups is 1. The van der Waals surface area contributed by atoms with Crippen molar-refractivity contribution in [2.45, 2.75) is 0 Å². The van der Waals surface area contributed by atoms with Crippen LogP contribution in [0.15, 0.2) is 58.4 Å². The number of rotatable bonds is 6. The highest BCUT2D eigenvalue weighted by molar-refractivity contribution is 8.18. The molecule has 1 heterocycles. The van der Waals surface area contributed by atoms with Gasteiger partial charge in [0.25, 0.3) is 11.1 Å². The van der Waals surface area contributed by atoms with Crippen LogP contribution in [0, 0.1) is 0 Å². The Labute approximate surface area is 160 Å². The van der Waals surface area contributed by atoms with Gasteiger partial charge in [0.05, 0.1) is 17.7 Å². The molecule has 0 bridgehead atoms. The lowest BCUT2D eigenvalue weighted by molar-refractivity contribution is -0.119. The highest BCUT2D eigenvalue weighted by atomic mass is 32.2. The average molecular weight is 383 g/mol. The number of benzene rings is 2. The summed E-state index contributed by atoms with van der Waals surface area (Å²) in [5.74, 6) is 1.23. The van der Waals surface area contributed by atoms with Crippen LogP contribution in [0.2, 0.25) is 0 Å². The summed E-state index contributed by atoms with van der Waals surface area (Å²) in [5.41, 5.74) is 6.62. The molecule has 0 saturated carbocycles. The molecule has 2 aromatic carbocycles. The third-order valence-electron chi connectivity index (χ3n) is 3.53. The summed E-state index contributed by atoms with van der Waals surface area (Å²) in [6.45, 7) is -0.173. The minimum Gasteiger partial charge on any atom is -0.497 e. The predicted octanol–water partition coefficient (Wildman–Crippen LogP) is 3.09. The number of primary amides is 1. The predicted molar refractivity (Wildman–Crippen MR) is 105 cm³/mol. The first-order chi connectivity index (χ1) is 13.0. The Bertz CT molecular complexity index is 906. The maximum absolute atomic E-state index is 11.8. The molecule has 2 amide bonds. The van der Waals surface area contributed by atoms with E-state index in [1.54, 1.807) is 31.4 Å². The van der Waals surface area contributed by atoms with E-state index in [9.17, 15) is 9.59 Å². The van der Waals surface area contributed by atoms with Gasteiger partial charge in [-0.2, -0.15) is 0 Å². The molecule has 7 nitrogen and oxygen atoms in total. The topological polar surface area (TPSA) is 103 Å². The first-order valence-corrected chi connectivity index (χ1v) is 8.80. The summed E-state index contributed by atoms with van der Waals surface area (Å²) in [6.07, 6.45) is 1.85. The Morgan fingerprint density at radius 3 is 2.44 bits per heavy atom. The van der Waals surface area contributed by atoms with E-state index in [1.807, 2.05) is 30.3 Å². The van der Waals surface area contributed by atoms with E-state index in [0.29, 0.717) is 22.2 Å². The number of carbonyl (C=O) groups excluding carboxylic acids is 2. The molecule has 0 spiro atoms. The molecular weight excluding hydrogens is 366 g/mol. The largest absolute Gasteiger partial charge is 0.497 e. The molecule has 0 atom stereocenters. The number of amides is 2. The minimum absolute atomic E-state index is 0.173. The van der Waals surface area contributed by atoms with E-state index in [-0.39, 0.29) is 11.8 Å². The second kappa shape index (κ2) is 8.41. The standard InChI is InChI=1S/C19H17N3O4S/c1-25-14-8-4-13(5-9-14)21-18-16(27-19(24)22-18)10-12-2-6-15(7-3-12)26-11-17(20)23/h2-10H,11H2,1H3,(H2,20,23)(H,21,22,24)/b16-10-. The summed E-state index contributed by atoms with van der Waals surface area (Å²) in [7, 11) is 1.60. The zero-order chi connectivity index (χ0) is 19.2. The van der Waals surface area contributed by atoms with Gasteiger partial charge >= 0.3 is 0 Å². The molecule has 0 unspecified atom stereocenters. The monoisotopic (exact) mass is 383 g/mol. The number of nitrogens with one attached hydrogen (secondary N) is 1. The van der Waals surface area contributed by atoms with Crippen LogP contribution in [0.1, 0.15) is 5.56 Å². The third-order valence-corrected chi connectivity index (χ3v) is 4.35. The Morgan fingerprint density at radius 2 is 1.81 bits per heavy atom. The number of nitrogens with zero attached hydrogens (tertiary/aromatic N) is 1. The van der Waals surface area contributed by atoms with E-state index in [4.69, 9.17) is 15.2 Å². The fourth-order valence-electron chi connectivity index (χ4n) is 2.26. The zero-order valence-electron chi connectivity index (χ0n) is 14.5. The lowest BCUT2D eigenvalue weighted by Crippen LogP contribution is -2.19. The van der Waals surface area contributed by atoms with Crippen LogP contribution in [-0.4, -0.2) is 30.7 Å². The van der Waals surface area contributed by atoms with Crippen molar-refractivity contribution in [2.24, 2.45) is 10.7 Å². The van der Waals surface area contributed by atoms with Crippen molar-refractivity contribution < 1.29 is 19.1 Å². The fourth-order valence-corrected chi connectivity index (χ4v) is 3.00. The van der Waals surface area contributed by atoms with Crippen LogP contribution in [0.5, 0.6) is 11.5 Å². The quantitative estimate of drug-likeness (QED) is 0.798.